The molecule has 0 spiro atoms. The van der Waals surface area contributed by atoms with Gasteiger partial charge < -0.3 is 9.73 Å². The van der Waals surface area contributed by atoms with Crippen molar-refractivity contribution in [2.24, 2.45) is 0 Å². The maximum atomic E-state index is 5.84. The molecule has 0 radical (unpaired) electrons. The fraction of sp³-hybridized carbons (Fsp3) is 0.471. The highest BCUT2D eigenvalue weighted by atomic mass is 35.5. The average molecular weight is 322 g/mol. The van der Waals surface area contributed by atoms with Crippen LogP contribution in [0.5, 0.6) is 0 Å². The highest BCUT2D eigenvalue weighted by Gasteiger charge is 2.21. The highest BCUT2D eigenvalue weighted by Crippen LogP contribution is 2.23. The molecule has 1 aliphatic heterocycles. The second-order valence-corrected chi connectivity index (χ2v) is 5.75. The first kappa shape index (κ1) is 17.0. The third kappa shape index (κ3) is 3.88. The Hall–Kier alpha value is -1.36. The summed E-state index contributed by atoms with van der Waals surface area (Å²) in [6, 6.07) is 10.7. The molecule has 0 bridgehead atoms. The predicted molar refractivity (Wildman–Crippen MR) is 91.3 cm³/mol. The molecule has 1 aromatic heterocycles. The molecule has 22 heavy (non-hydrogen) atoms. The zero-order valence-corrected chi connectivity index (χ0v) is 14.0. The predicted octanol–water partition coefficient (Wildman–Crippen LogP) is 3.26. The van der Waals surface area contributed by atoms with E-state index in [1.807, 2.05) is 44.3 Å². The third-order valence-corrected chi connectivity index (χ3v) is 4.20. The molecule has 0 aliphatic carbocycles. The number of aromatic nitrogens is 1. The van der Waals surface area contributed by atoms with Gasteiger partial charge in [0.25, 0.3) is 0 Å². The van der Waals surface area contributed by atoms with Gasteiger partial charge in [-0.2, -0.15) is 0 Å². The van der Waals surface area contributed by atoms with Gasteiger partial charge in [-0.25, -0.2) is 4.98 Å². The summed E-state index contributed by atoms with van der Waals surface area (Å²) in [5.74, 6) is 1.66. The van der Waals surface area contributed by atoms with Gasteiger partial charge in [0.1, 0.15) is 5.76 Å². The second kappa shape index (κ2) is 7.77. The Kier molecular flexibility index (Phi) is 6.00. The molecule has 0 saturated carbocycles. The van der Waals surface area contributed by atoms with Crippen LogP contribution in [0, 0.1) is 6.92 Å². The number of aryl methyl sites for hydroxylation is 1. The summed E-state index contributed by atoms with van der Waals surface area (Å²) >= 11 is 0. The van der Waals surface area contributed by atoms with Gasteiger partial charge in [-0.15, -0.1) is 12.4 Å². The number of hydrogen-bond donors (Lipinski definition) is 1. The van der Waals surface area contributed by atoms with Crippen molar-refractivity contribution in [2.45, 2.75) is 32.4 Å². The van der Waals surface area contributed by atoms with Gasteiger partial charge >= 0.3 is 0 Å². The summed E-state index contributed by atoms with van der Waals surface area (Å²) < 4.78 is 5.84. The minimum absolute atomic E-state index is 0. The zero-order chi connectivity index (χ0) is 14.7. The summed E-state index contributed by atoms with van der Waals surface area (Å²) in [7, 11) is 2.04. The van der Waals surface area contributed by atoms with Crippen molar-refractivity contribution in [3.63, 3.8) is 0 Å². The van der Waals surface area contributed by atoms with Gasteiger partial charge in [-0.1, -0.05) is 18.2 Å². The van der Waals surface area contributed by atoms with E-state index in [0.29, 0.717) is 6.04 Å². The maximum absolute atomic E-state index is 5.84. The fourth-order valence-corrected chi connectivity index (χ4v) is 2.93. The summed E-state index contributed by atoms with van der Waals surface area (Å²) in [6.07, 6.45) is 2.51. The number of benzene rings is 1. The van der Waals surface area contributed by atoms with E-state index >= 15 is 0 Å². The average Bonchev–Trinajstić information content (AvgIpc) is 2.89. The molecule has 2 heterocycles. The number of nitrogens with one attached hydrogen (secondary N) is 1. The van der Waals surface area contributed by atoms with Crippen LogP contribution in [0.4, 0.5) is 0 Å². The lowest BCUT2D eigenvalue weighted by Crippen LogP contribution is -2.44. The first-order chi connectivity index (χ1) is 10.3. The van der Waals surface area contributed by atoms with Crippen LogP contribution in [0.1, 0.15) is 24.3 Å². The third-order valence-electron chi connectivity index (χ3n) is 4.20. The highest BCUT2D eigenvalue weighted by molar-refractivity contribution is 5.85. The molecular formula is C17H24ClN3O. The van der Waals surface area contributed by atoms with Crippen molar-refractivity contribution in [1.82, 2.24) is 15.2 Å². The van der Waals surface area contributed by atoms with E-state index in [1.54, 1.807) is 0 Å². The van der Waals surface area contributed by atoms with Crippen LogP contribution < -0.4 is 5.32 Å². The summed E-state index contributed by atoms with van der Waals surface area (Å²) in [5.41, 5.74) is 2.10. The topological polar surface area (TPSA) is 41.3 Å². The largest absolute Gasteiger partial charge is 0.441 e. The molecule has 4 nitrogen and oxygen atoms in total. The molecule has 3 rings (SSSR count). The molecule has 1 fully saturated rings. The number of likely N-dealkylation sites (N-methyl/N-ethyl adjacent to an activating group) is 1. The maximum Gasteiger partial charge on any atom is 0.226 e. The summed E-state index contributed by atoms with van der Waals surface area (Å²) in [6.45, 7) is 5.11. The zero-order valence-electron chi connectivity index (χ0n) is 13.2. The lowest BCUT2D eigenvalue weighted by atomic mass is 10.1. The molecular weight excluding hydrogens is 298 g/mol. The normalized spacial score (nSPS) is 18.9. The Labute approximate surface area is 138 Å². The number of halogens is 1. The van der Waals surface area contributed by atoms with Crippen LogP contribution in [0.2, 0.25) is 0 Å². The summed E-state index contributed by atoms with van der Waals surface area (Å²) in [5, 5.41) is 3.38. The van der Waals surface area contributed by atoms with E-state index in [1.165, 1.54) is 12.8 Å². The van der Waals surface area contributed by atoms with Crippen LogP contribution in [0.25, 0.3) is 11.5 Å². The van der Waals surface area contributed by atoms with Gasteiger partial charge in [-0.3, -0.25) is 4.90 Å². The minimum Gasteiger partial charge on any atom is -0.441 e. The van der Waals surface area contributed by atoms with Crippen molar-refractivity contribution in [3.8, 4) is 11.5 Å². The van der Waals surface area contributed by atoms with E-state index in [0.717, 1.165) is 42.5 Å². The van der Waals surface area contributed by atoms with Crippen LogP contribution in [0.3, 0.4) is 0 Å². The fourth-order valence-electron chi connectivity index (χ4n) is 2.93. The Morgan fingerprint density at radius 2 is 2.09 bits per heavy atom. The van der Waals surface area contributed by atoms with E-state index in [2.05, 4.69) is 10.2 Å². The minimum atomic E-state index is 0. The number of piperidine rings is 1. The smallest absolute Gasteiger partial charge is 0.226 e. The molecule has 1 aromatic carbocycles. The summed E-state index contributed by atoms with van der Waals surface area (Å²) in [4.78, 5) is 7.16. The quantitative estimate of drug-likeness (QED) is 0.938. The molecule has 120 valence electrons. The van der Waals surface area contributed by atoms with Crippen molar-refractivity contribution in [2.75, 3.05) is 20.1 Å². The van der Waals surface area contributed by atoms with Crippen LogP contribution in [-0.2, 0) is 6.54 Å². The lowest BCUT2D eigenvalue weighted by Gasteiger charge is -2.31. The standard InChI is InChI=1S/C17H23N3O.ClH/c1-13-16(12-20-10-6-9-15(11-20)18-2)19-17(21-13)14-7-4-3-5-8-14;/h3-5,7-8,15,18H,6,9-12H2,1-2H3;1H. The number of hydrogen-bond acceptors (Lipinski definition) is 4. The van der Waals surface area contributed by atoms with E-state index in [4.69, 9.17) is 9.40 Å². The molecule has 1 saturated heterocycles. The molecule has 2 aromatic rings. The molecule has 1 aliphatic rings. The number of oxazole rings is 1. The van der Waals surface area contributed by atoms with Gasteiger partial charge in [0, 0.05) is 24.7 Å². The number of likely N-dealkylation sites (tertiary alicyclic amines) is 1. The van der Waals surface area contributed by atoms with E-state index < -0.39 is 0 Å². The van der Waals surface area contributed by atoms with Gasteiger partial charge in [0.05, 0.1) is 5.69 Å². The Bertz CT molecular complexity index is 585. The van der Waals surface area contributed by atoms with Crippen molar-refractivity contribution < 1.29 is 4.42 Å². The monoisotopic (exact) mass is 321 g/mol. The SMILES string of the molecule is CNC1CCCN(Cc2nc(-c3ccccc3)oc2C)C1.Cl. The first-order valence-corrected chi connectivity index (χ1v) is 7.67. The first-order valence-electron chi connectivity index (χ1n) is 7.67. The van der Waals surface area contributed by atoms with Gasteiger partial charge in [-0.05, 0) is 45.5 Å². The van der Waals surface area contributed by atoms with Crippen molar-refractivity contribution in [1.29, 1.82) is 0 Å². The molecule has 1 unspecified atom stereocenters. The van der Waals surface area contributed by atoms with Crippen LogP contribution in [0.15, 0.2) is 34.7 Å². The van der Waals surface area contributed by atoms with Crippen molar-refractivity contribution >= 4 is 12.4 Å². The Balaban J connectivity index is 0.00000176. The molecule has 1 atom stereocenters. The lowest BCUT2D eigenvalue weighted by molar-refractivity contribution is 0.185. The number of rotatable bonds is 4. The van der Waals surface area contributed by atoms with Gasteiger partial charge in [0.15, 0.2) is 0 Å². The van der Waals surface area contributed by atoms with E-state index in [-0.39, 0.29) is 12.4 Å². The second-order valence-electron chi connectivity index (χ2n) is 5.75. The molecule has 1 N–H and O–H groups in total. The Morgan fingerprint density at radius 3 is 2.82 bits per heavy atom. The van der Waals surface area contributed by atoms with Gasteiger partial charge in [0.2, 0.25) is 5.89 Å². The Morgan fingerprint density at radius 1 is 1.32 bits per heavy atom. The number of nitrogens with zero attached hydrogens (tertiary/aromatic N) is 2. The van der Waals surface area contributed by atoms with Crippen LogP contribution in [-0.4, -0.2) is 36.1 Å². The molecule has 0 amide bonds. The van der Waals surface area contributed by atoms with E-state index in [9.17, 15) is 0 Å². The van der Waals surface area contributed by atoms with Crippen molar-refractivity contribution in [3.05, 3.63) is 41.8 Å². The molecule has 5 heteroatoms. The van der Waals surface area contributed by atoms with Crippen LogP contribution >= 0.6 is 12.4 Å².